The van der Waals surface area contributed by atoms with Crippen molar-refractivity contribution in [1.82, 2.24) is 30.0 Å². The molecule has 1 unspecified atom stereocenters. The van der Waals surface area contributed by atoms with E-state index in [1.165, 1.54) is 16.0 Å². The van der Waals surface area contributed by atoms with E-state index in [4.69, 9.17) is 0 Å². The first-order valence-corrected chi connectivity index (χ1v) is 12.3. The molecule has 0 aliphatic carbocycles. The third kappa shape index (κ3) is 5.45. The Balaban J connectivity index is 1.27. The minimum atomic E-state index is 0.0747. The van der Waals surface area contributed by atoms with E-state index in [0.717, 1.165) is 38.5 Å². The van der Waals surface area contributed by atoms with Crippen molar-refractivity contribution >= 4 is 17.4 Å². The highest BCUT2D eigenvalue weighted by Gasteiger charge is 2.31. The Morgan fingerprint density at radius 1 is 0.879 bits per heavy atom. The number of nitrogens with zero attached hydrogens (tertiary/aromatic N) is 6. The molecule has 1 aliphatic heterocycles. The number of thiophene rings is 1. The quantitative estimate of drug-likeness (QED) is 0.398. The molecule has 6 nitrogen and oxygen atoms in total. The van der Waals surface area contributed by atoms with Gasteiger partial charge < -0.3 is 0 Å². The molecule has 0 spiro atoms. The first-order chi connectivity index (χ1) is 16.4. The highest BCUT2D eigenvalue weighted by Crippen LogP contribution is 2.31. The average molecular weight is 457 g/mol. The molecule has 0 saturated carbocycles. The largest absolute Gasteiger partial charge is 0.297 e. The van der Waals surface area contributed by atoms with E-state index < -0.39 is 0 Å². The van der Waals surface area contributed by atoms with E-state index in [1.807, 2.05) is 10.7 Å². The van der Waals surface area contributed by atoms with Crippen LogP contribution in [0.5, 0.6) is 0 Å². The first kappa shape index (κ1) is 21.7. The second kappa shape index (κ2) is 10.7. The van der Waals surface area contributed by atoms with Gasteiger partial charge in [-0.1, -0.05) is 78.9 Å². The van der Waals surface area contributed by atoms with Gasteiger partial charge in [0.2, 0.25) is 0 Å². The van der Waals surface area contributed by atoms with E-state index in [-0.39, 0.29) is 6.04 Å². The topological polar surface area (TPSA) is 50.1 Å². The molecule has 33 heavy (non-hydrogen) atoms. The summed E-state index contributed by atoms with van der Waals surface area (Å²) in [6.45, 7) is 5.68. The van der Waals surface area contributed by atoms with Gasteiger partial charge in [-0.15, -0.1) is 16.4 Å². The molecule has 4 aromatic rings. The molecule has 1 atom stereocenters. The van der Waals surface area contributed by atoms with E-state index in [1.54, 1.807) is 11.3 Å². The average Bonchev–Trinajstić information content (AvgIpc) is 3.55. The maximum atomic E-state index is 4.49. The van der Waals surface area contributed by atoms with Crippen LogP contribution in [-0.2, 0) is 6.54 Å². The molecule has 3 heterocycles. The molecule has 5 rings (SSSR count). The van der Waals surface area contributed by atoms with Crippen LogP contribution in [0.4, 0.5) is 0 Å². The molecule has 168 valence electrons. The van der Waals surface area contributed by atoms with Gasteiger partial charge in [0, 0.05) is 37.6 Å². The van der Waals surface area contributed by atoms with Crippen LogP contribution in [0, 0.1) is 0 Å². The van der Waals surface area contributed by atoms with Crippen LogP contribution in [0.1, 0.15) is 27.9 Å². The lowest BCUT2D eigenvalue weighted by molar-refractivity contribution is 0.114. The maximum Gasteiger partial charge on any atom is 0.174 e. The fraction of sp³-hybridized carbons (Fsp3) is 0.269. The van der Waals surface area contributed by atoms with Crippen molar-refractivity contribution in [3.63, 3.8) is 0 Å². The zero-order valence-corrected chi connectivity index (χ0v) is 19.4. The van der Waals surface area contributed by atoms with Gasteiger partial charge >= 0.3 is 0 Å². The third-order valence-electron chi connectivity index (χ3n) is 6.04. The van der Waals surface area contributed by atoms with Crippen LogP contribution in [0.15, 0.2) is 84.3 Å². The highest BCUT2D eigenvalue weighted by molar-refractivity contribution is 7.10. The van der Waals surface area contributed by atoms with Crippen molar-refractivity contribution in [2.45, 2.75) is 12.6 Å². The maximum absolute atomic E-state index is 4.49. The van der Waals surface area contributed by atoms with Gasteiger partial charge in [0.15, 0.2) is 5.82 Å². The Morgan fingerprint density at radius 3 is 2.36 bits per heavy atom. The summed E-state index contributed by atoms with van der Waals surface area (Å²) in [4.78, 5) is 6.32. The Kier molecular flexibility index (Phi) is 7.01. The zero-order chi connectivity index (χ0) is 22.3. The van der Waals surface area contributed by atoms with Crippen LogP contribution in [0.3, 0.4) is 0 Å². The lowest BCUT2D eigenvalue weighted by Gasteiger charge is -2.38. The highest BCUT2D eigenvalue weighted by atomic mass is 32.1. The minimum absolute atomic E-state index is 0.0747. The Morgan fingerprint density at radius 2 is 1.64 bits per heavy atom. The van der Waals surface area contributed by atoms with Gasteiger partial charge in [0.05, 0.1) is 6.54 Å². The minimum Gasteiger partial charge on any atom is -0.297 e. The second-order valence-corrected chi connectivity index (χ2v) is 9.23. The predicted molar refractivity (Wildman–Crippen MR) is 133 cm³/mol. The summed E-state index contributed by atoms with van der Waals surface area (Å²) in [5.74, 6) is 0.915. The summed E-state index contributed by atoms with van der Waals surface area (Å²) in [6, 6.07) is 25.3. The lowest BCUT2D eigenvalue weighted by Crippen LogP contribution is -2.48. The predicted octanol–water partition coefficient (Wildman–Crippen LogP) is 4.20. The van der Waals surface area contributed by atoms with Gasteiger partial charge in [-0.25, -0.2) is 4.68 Å². The van der Waals surface area contributed by atoms with Crippen LogP contribution < -0.4 is 0 Å². The van der Waals surface area contributed by atoms with E-state index in [9.17, 15) is 0 Å². The number of hydrogen-bond acceptors (Lipinski definition) is 6. The molecule has 0 amide bonds. The van der Waals surface area contributed by atoms with Crippen molar-refractivity contribution in [3.05, 3.63) is 106 Å². The fourth-order valence-corrected chi connectivity index (χ4v) is 5.15. The standard InChI is InChI=1S/C26H28N6S/c1-3-9-22(10-4-1)13-7-15-30-16-18-31(19-17-30)25(24-14-8-20-33-24)26-27-28-29-32(26)21-23-11-5-2-6-12-23/h1-14,20,25H,15-19,21H2/b13-7+. The fourth-order valence-electron chi connectivity index (χ4n) is 4.30. The van der Waals surface area contributed by atoms with Gasteiger partial charge in [0.25, 0.3) is 0 Å². The molecule has 1 aliphatic rings. The Labute approximate surface area is 198 Å². The first-order valence-electron chi connectivity index (χ1n) is 11.4. The number of tetrazole rings is 1. The van der Waals surface area contributed by atoms with Crippen molar-refractivity contribution in [2.75, 3.05) is 32.7 Å². The third-order valence-corrected chi connectivity index (χ3v) is 6.96. The molecule has 0 bridgehead atoms. The molecule has 2 aromatic carbocycles. The monoisotopic (exact) mass is 456 g/mol. The summed E-state index contributed by atoms with van der Waals surface area (Å²) in [5.41, 5.74) is 2.45. The van der Waals surface area contributed by atoms with Gasteiger partial charge in [0.1, 0.15) is 6.04 Å². The molecule has 2 aromatic heterocycles. The van der Waals surface area contributed by atoms with E-state index >= 15 is 0 Å². The molecular weight excluding hydrogens is 428 g/mol. The zero-order valence-electron chi connectivity index (χ0n) is 18.6. The normalized spacial score (nSPS) is 16.4. The molecular formula is C26H28N6S. The smallest absolute Gasteiger partial charge is 0.174 e. The summed E-state index contributed by atoms with van der Waals surface area (Å²) in [6.07, 6.45) is 4.47. The Bertz CT molecular complexity index is 1130. The summed E-state index contributed by atoms with van der Waals surface area (Å²) < 4.78 is 1.95. The molecule has 1 saturated heterocycles. The summed E-state index contributed by atoms with van der Waals surface area (Å²) in [7, 11) is 0. The number of aromatic nitrogens is 4. The van der Waals surface area contributed by atoms with Crippen LogP contribution >= 0.6 is 11.3 Å². The molecule has 0 N–H and O–H groups in total. The molecule has 1 fully saturated rings. The van der Waals surface area contributed by atoms with Gasteiger partial charge in [-0.2, -0.15) is 0 Å². The van der Waals surface area contributed by atoms with E-state index in [2.05, 4.69) is 110 Å². The summed E-state index contributed by atoms with van der Waals surface area (Å²) in [5, 5.41) is 15.0. The number of piperazine rings is 1. The lowest BCUT2D eigenvalue weighted by atomic mass is 10.1. The number of rotatable bonds is 8. The van der Waals surface area contributed by atoms with Crippen LogP contribution in [-0.4, -0.2) is 62.7 Å². The summed E-state index contributed by atoms with van der Waals surface area (Å²) >= 11 is 1.77. The van der Waals surface area contributed by atoms with Gasteiger partial charge in [-0.3, -0.25) is 9.80 Å². The Hall–Kier alpha value is -3.13. The van der Waals surface area contributed by atoms with Crippen molar-refractivity contribution in [2.24, 2.45) is 0 Å². The van der Waals surface area contributed by atoms with E-state index in [0.29, 0.717) is 6.54 Å². The second-order valence-electron chi connectivity index (χ2n) is 8.25. The molecule has 7 heteroatoms. The SMILES string of the molecule is C(=C\c1ccccc1)/CN1CCN(C(c2cccs2)c2nnnn2Cc2ccccc2)CC1. The van der Waals surface area contributed by atoms with Crippen molar-refractivity contribution in [3.8, 4) is 0 Å². The van der Waals surface area contributed by atoms with Crippen LogP contribution in [0.2, 0.25) is 0 Å². The number of hydrogen-bond donors (Lipinski definition) is 0. The van der Waals surface area contributed by atoms with Crippen molar-refractivity contribution in [1.29, 1.82) is 0 Å². The number of benzene rings is 2. The van der Waals surface area contributed by atoms with Crippen LogP contribution in [0.25, 0.3) is 6.08 Å². The van der Waals surface area contributed by atoms with Gasteiger partial charge in [-0.05, 0) is 33.0 Å². The molecule has 0 radical (unpaired) electrons. The van der Waals surface area contributed by atoms with Crippen molar-refractivity contribution < 1.29 is 0 Å².